The van der Waals surface area contributed by atoms with Crippen molar-refractivity contribution in [1.29, 1.82) is 0 Å². The summed E-state index contributed by atoms with van der Waals surface area (Å²) in [5.74, 6) is -0.199. The Balaban J connectivity index is 1.69. The van der Waals surface area contributed by atoms with Gasteiger partial charge in [0.1, 0.15) is 5.69 Å². The molecular formula is C16H22N4O4. The summed E-state index contributed by atoms with van der Waals surface area (Å²) in [6, 6.07) is 0. The number of hydrogen-bond acceptors (Lipinski definition) is 7. The fourth-order valence-electron chi connectivity index (χ4n) is 5.46. The van der Waals surface area contributed by atoms with Gasteiger partial charge in [0, 0.05) is 32.4 Å². The molecule has 1 saturated carbocycles. The molecule has 4 aliphatic rings. The Bertz CT molecular complexity index is 698. The number of fused-ring (bicyclic) bond motifs is 5. The van der Waals surface area contributed by atoms with Crippen LogP contribution in [0.1, 0.15) is 43.5 Å². The zero-order chi connectivity index (χ0) is 16.4. The fraction of sp³-hybridized carbons (Fsp3) is 0.812. The van der Waals surface area contributed by atoms with Gasteiger partial charge in [-0.2, -0.15) is 4.74 Å². The van der Waals surface area contributed by atoms with Gasteiger partial charge in [-0.15, -0.1) is 0 Å². The monoisotopic (exact) mass is 334 g/mol. The van der Waals surface area contributed by atoms with E-state index in [9.17, 15) is 10.3 Å². The SMILES string of the molecule is [O-][N+]1=C2CCc3nonc3[C@@]2(O)[C@@H]2CCCC[C@@]21N1CCOCC1. The molecule has 1 aromatic heterocycles. The largest absolute Gasteiger partial charge is 0.622 e. The minimum absolute atomic E-state index is 0.199. The quantitative estimate of drug-likeness (QED) is 0.586. The number of hydrogen-bond donors (Lipinski definition) is 1. The summed E-state index contributed by atoms with van der Waals surface area (Å²) in [6.45, 7) is 2.71. The topological polar surface area (TPSA) is 97.7 Å². The second kappa shape index (κ2) is 5.00. The van der Waals surface area contributed by atoms with E-state index >= 15 is 0 Å². The van der Waals surface area contributed by atoms with E-state index in [1.807, 2.05) is 0 Å². The van der Waals surface area contributed by atoms with Crippen molar-refractivity contribution in [2.24, 2.45) is 5.92 Å². The minimum Gasteiger partial charge on any atom is -0.622 e. The molecule has 1 N–H and O–H groups in total. The van der Waals surface area contributed by atoms with Gasteiger partial charge >= 0.3 is 0 Å². The van der Waals surface area contributed by atoms with Crippen LogP contribution in [-0.2, 0) is 16.8 Å². The molecule has 130 valence electrons. The Morgan fingerprint density at radius 2 is 2.04 bits per heavy atom. The van der Waals surface area contributed by atoms with Crippen molar-refractivity contribution >= 4 is 5.71 Å². The molecule has 0 spiro atoms. The van der Waals surface area contributed by atoms with Crippen LogP contribution in [0, 0.1) is 11.1 Å². The Labute approximate surface area is 139 Å². The molecule has 3 heterocycles. The molecule has 1 saturated heterocycles. The van der Waals surface area contributed by atoms with Gasteiger partial charge in [-0.3, -0.25) is 0 Å². The Morgan fingerprint density at radius 1 is 1.21 bits per heavy atom. The zero-order valence-electron chi connectivity index (χ0n) is 13.6. The summed E-state index contributed by atoms with van der Waals surface area (Å²) in [5.41, 5.74) is -0.325. The van der Waals surface area contributed by atoms with E-state index in [1.54, 1.807) is 0 Å². The van der Waals surface area contributed by atoms with Crippen molar-refractivity contribution in [3.05, 3.63) is 16.6 Å². The van der Waals surface area contributed by atoms with Gasteiger partial charge < -0.3 is 15.1 Å². The molecule has 0 bridgehead atoms. The number of ether oxygens (including phenoxy) is 1. The average molecular weight is 334 g/mol. The number of aromatic nitrogens is 2. The zero-order valence-corrected chi connectivity index (χ0v) is 13.6. The maximum Gasteiger partial charge on any atom is 0.235 e. The maximum atomic E-state index is 13.5. The van der Waals surface area contributed by atoms with Crippen molar-refractivity contribution in [3.63, 3.8) is 0 Å². The molecule has 1 aromatic rings. The standard InChI is InChI=1S/C16H22N4O4/c21-16-12-3-1-2-6-15(12,19-7-9-23-10-8-19)20(22)13(16)5-4-11-14(16)18-24-17-11/h12,21H,1-10H2/t12-,15+,16-/m1/s1. The smallest absolute Gasteiger partial charge is 0.235 e. The van der Waals surface area contributed by atoms with Crippen molar-refractivity contribution in [2.75, 3.05) is 26.3 Å². The first kappa shape index (κ1) is 14.8. The fourth-order valence-corrected chi connectivity index (χ4v) is 5.46. The molecule has 0 amide bonds. The van der Waals surface area contributed by atoms with E-state index in [1.165, 1.54) is 0 Å². The molecule has 5 rings (SSSR count). The third-order valence-corrected chi connectivity index (χ3v) is 6.46. The second-order valence-electron chi connectivity index (χ2n) is 7.34. The number of aliphatic hydroxyl groups is 1. The van der Waals surface area contributed by atoms with Gasteiger partial charge in [0.25, 0.3) is 0 Å². The van der Waals surface area contributed by atoms with Gasteiger partial charge in [-0.1, -0.05) is 16.7 Å². The van der Waals surface area contributed by atoms with Crippen LogP contribution in [0.25, 0.3) is 0 Å². The molecule has 2 aliphatic carbocycles. The van der Waals surface area contributed by atoms with Crippen molar-refractivity contribution in [2.45, 2.75) is 49.8 Å². The van der Waals surface area contributed by atoms with Gasteiger partial charge in [-0.05, 0) is 12.8 Å². The lowest BCUT2D eigenvalue weighted by Gasteiger charge is -2.47. The van der Waals surface area contributed by atoms with E-state index in [0.29, 0.717) is 43.2 Å². The predicted octanol–water partition coefficient (Wildman–Crippen LogP) is 0.387. The first-order valence-electron chi connectivity index (χ1n) is 8.90. The molecule has 24 heavy (non-hydrogen) atoms. The van der Waals surface area contributed by atoms with Crippen LogP contribution in [0.4, 0.5) is 0 Å². The highest BCUT2D eigenvalue weighted by Gasteiger charge is 2.72. The Hall–Kier alpha value is -1.51. The molecule has 8 nitrogen and oxygen atoms in total. The Kier molecular flexibility index (Phi) is 3.08. The highest BCUT2D eigenvalue weighted by atomic mass is 16.6. The van der Waals surface area contributed by atoms with E-state index in [0.717, 1.165) is 43.5 Å². The van der Waals surface area contributed by atoms with Crippen LogP contribution in [-0.4, -0.2) is 62.7 Å². The summed E-state index contributed by atoms with van der Waals surface area (Å²) in [7, 11) is 0. The number of morpholine rings is 1. The van der Waals surface area contributed by atoms with Gasteiger partial charge in [0.05, 0.1) is 19.1 Å². The Morgan fingerprint density at radius 3 is 2.88 bits per heavy atom. The number of hydroxylamine groups is 1. The van der Waals surface area contributed by atoms with E-state index < -0.39 is 11.3 Å². The van der Waals surface area contributed by atoms with Crippen LogP contribution in [0.15, 0.2) is 4.63 Å². The number of rotatable bonds is 1. The summed E-state index contributed by atoms with van der Waals surface area (Å²) in [4.78, 5) is 2.24. The summed E-state index contributed by atoms with van der Waals surface area (Å²) in [5, 5.41) is 33.2. The average Bonchev–Trinajstić information content (AvgIpc) is 3.18. The number of aryl methyl sites for hydroxylation is 1. The first-order chi connectivity index (χ1) is 11.7. The van der Waals surface area contributed by atoms with Crippen molar-refractivity contribution in [3.8, 4) is 0 Å². The summed E-state index contributed by atoms with van der Waals surface area (Å²) in [6.07, 6.45) is 4.71. The van der Waals surface area contributed by atoms with Gasteiger partial charge in [-0.25, -0.2) is 9.53 Å². The second-order valence-corrected chi connectivity index (χ2v) is 7.34. The van der Waals surface area contributed by atoms with Crippen LogP contribution in [0.5, 0.6) is 0 Å². The lowest BCUT2D eigenvalue weighted by molar-refractivity contribution is -0.591. The van der Waals surface area contributed by atoms with Crippen LogP contribution < -0.4 is 0 Å². The summed E-state index contributed by atoms with van der Waals surface area (Å²) < 4.78 is 11.5. The number of nitrogens with zero attached hydrogens (tertiary/aromatic N) is 4. The van der Waals surface area contributed by atoms with E-state index in [-0.39, 0.29) is 5.92 Å². The molecule has 0 aromatic carbocycles. The van der Waals surface area contributed by atoms with Crippen LogP contribution in [0.2, 0.25) is 0 Å². The normalized spacial score (nSPS) is 39.5. The third-order valence-electron chi connectivity index (χ3n) is 6.46. The molecule has 8 heteroatoms. The molecule has 3 atom stereocenters. The van der Waals surface area contributed by atoms with Crippen LogP contribution >= 0.6 is 0 Å². The van der Waals surface area contributed by atoms with E-state index in [2.05, 4.69) is 15.2 Å². The van der Waals surface area contributed by atoms with Crippen molar-refractivity contribution < 1.29 is 19.2 Å². The van der Waals surface area contributed by atoms with Gasteiger partial charge in [0.15, 0.2) is 5.69 Å². The third kappa shape index (κ3) is 1.61. The highest BCUT2D eigenvalue weighted by Crippen LogP contribution is 2.55. The molecular weight excluding hydrogens is 312 g/mol. The lowest BCUT2D eigenvalue weighted by atomic mass is 9.66. The van der Waals surface area contributed by atoms with E-state index in [4.69, 9.17) is 9.37 Å². The molecule has 0 radical (unpaired) electrons. The first-order valence-corrected chi connectivity index (χ1v) is 8.90. The lowest BCUT2D eigenvalue weighted by Crippen LogP contribution is -2.63. The van der Waals surface area contributed by atoms with Crippen molar-refractivity contribution in [1.82, 2.24) is 15.2 Å². The highest BCUT2D eigenvalue weighted by molar-refractivity contribution is 5.92. The van der Waals surface area contributed by atoms with Crippen LogP contribution in [0.3, 0.4) is 0 Å². The maximum absolute atomic E-state index is 13.5. The molecule has 2 aliphatic heterocycles. The predicted molar refractivity (Wildman–Crippen MR) is 82.2 cm³/mol. The summed E-state index contributed by atoms with van der Waals surface area (Å²) >= 11 is 0. The van der Waals surface area contributed by atoms with Gasteiger partial charge in [0.2, 0.25) is 17.0 Å². The molecule has 2 fully saturated rings. The molecule has 0 unspecified atom stereocenters. The minimum atomic E-state index is -1.34.